The maximum atomic E-state index is 10.9. The van der Waals surface area contributed by atoms with Crippen LogP contribution < -0.4 is 0 Å². The minimum atomic E-state index is 0.803. The predicted molar refractivity (Wildman–Crippen MR) is 90.5 cm³/mol. The number of aldehydes is 1. The minimum Gasteiger partial charge on any atom is -0.297 e. The number of carbonyl (C=O) groups excluding carboxylic acids is 1. The molecule has 0 aliphatic rings. The van der Waals surface area contributed by atoms with Gasteiger partial charge in [0.25, 0.3) is 0 Å². The molecule has 0 saturated carbocycles. The SMILES string of the molecule is Cc1csc(-c2sc(-c3sc(C=O)cc3C)cc2C)c1. The molecular formula is C16H14OS3. The van der Waals surface area contributed by atoms with Crippen molar-refractivity contribution < 1.29 is 4.79 Å². The van der Waals surface area contributed by atoms with E-state index in [4.69, 9.17) is 0 Å². The van der Waals surface area contributed by atoms with Crippen molar-refractivity contribution in [1.82, 2.24) is 0 Å². The highest BCUT2D eigenvalue weighted by Gasteiger charge is 2.14. The molecule has 4 heteroatoms. The van der Waals surface area contributed by atoms with Gasteiger partial charge in [0.05, 0.1) is 4.88 Å². The Morgan fingerprint density at radius 2 is 1.60 bits per heavy atom. The maximum Gasteiger partial charge on any atom is 0.160 e. The van der Waals surface area contributed by atoms with Crippen LogP contribution in [0.25, 0.3) is 19.5 Å². The summed E-state index contributed by atoms with van der Waals surface area (Å²) in [6.45, 7) is 6.36. The zero-order chi connectivity index (χ0) is 14.3. The molecule has 3 aromatic heterocycles. The number of carbonyl (C=O) groups is 1. The van der Waals surface area contributed by atoms with Gasteiger partial charge in [0.2, 0.25) is 0 Å². The third-order valence-electron chi connectivity index (χ3n) is 3.15. The van der Waals surface area contributed by atoms with Gasteiger partial charge in [0, 0.05) is 19.5 Å². The van der Waals surface area contributed by atoms with Crippen molar-refractivity contribution in [2.45, 2.75) is 20.8 Å². The first kappa shape index (κ1) is 13.7. The molecular weight excluding hydrogens is 304 g/mol. The lowest BCUT2D eigenvalue weighted by atomic mass is 10.2. The maximum absolute atomic E-state index is 10.9. The van der Waals surface area contributed by atoms with Gasteiger partial charge in [0.15, 0.2) is 6.29 Å². The summed E-state index contributed by atoms with van der Waals surface area (Å²) in [5.74, 6) is 0. The van der Waals surface area contributed by atoms with Crippen LogP contribution in [0.15, 0.2) is 23.6 Å². The molecule has 102 valence electrons. The summed E-state index contributed by atoms with van der Waals surface area (Å²) in [6.07, 6.45) is 0.936. The average Bonchev–Trinajstić information content (AvgIpc) is 3.08. The molecule has 0 aromatic carbocycles. The first-order valence-corrected chi connectivity index (χ1v) is 8.81. The van der Waals surface area contributed by atoms with Gasteiger partial charge in [-0.05, 0) is 61.0 Å². The fourth-order valence-corrected chi connectivity index (χ4v) is 5.61. The Balaban J connectivity index is 2.08. The van der Waals surface area contributed by atoms with Crippen molar-refractivity contribution in [3.63, 3.8) is 0 Å². The smallest absolute Gasteiger partial charge is 0.160 e. The van der Waals surface area contributed by atoms with Crippen molar-refractivity contribution in [3.05, 3.63) is 45.1 Å². The number of thiophene rings is 3. The number of hydrogen-bond donors (Lipinski definition) is 0. The second-order valence-corrected chi connectivity index (χ2v) is 7.94. The van der Waals surface area contributed by atoms with Crippen molar-refractivity contribution >= 4 is 40.3 Å². The lowest BCUT2D eigenvalue weighted by molar-refractivity contribution is 0.112. The van der Waals surface area contributed by atoms with Crippen molar-refractivity contribution in [2.24, 2.45) is 0 Å². The Kier molecular flexibility index (Phi) is 3.63. The van der Waals surface area contributed by atoms with Gasteiger partial charge in [-0.1, -0.05) is 0 Å². The summed E-state index contributed by atoms with van der Waals surface area (Å²) < 4.78 is 0. The van der Waals surface area contributed by atoms with Crippen LogP contribution in [0.5, 0.6) is 0 Å². The second-order valence-electron chi connectivity index (χ2n) is 4.89. The Morgan fingerprint density at radius 1 is 0.900 bits per heavy atom. The lowest BCUT2D eigenvalue weighted by Crippen LogP contribution is -1.68. The summed E-state index contributed by atoms with van der Waals surface area (Å²) in [6, 6.07) is 6.45. The molecule has 0 amide bonds. The van der Waals surface area contributed by atoms with Gasteiger partial charge in [-0.2, -0.15) is 0 Å². The van der Waals surface area contributed by atoms with E-state index in [1.807, 2.05) is 17.4 Å². The van der Waals surface area contributed by atoms with Crippen LogP contribution in [0, 0.1) is 20.8 Å². The first-order chi connectivity index (χ1) is 9.58. The van der Waals surface area contributed by atoms with Crippen LogP contribution >= 0.6 is 34.0 Å². The first-order valence-electron chi connectivity index (χ1n) is 6.30. The van der Waals surface area contributed by atoms with E-state index in [1.54, 1.807) is 22.7 Å². The molecule has 0 atom stereocenters. The van der Waals surface area contributed by atoms with E-state index < -0.39 is 0 Å². The third-order valence-corrected chi connectivity index (χ3v) is 6.96. The average molecular weight is 318 g/mol. The van der Waals surface area contributed by atoms with Gasteiger partial charge >= 0.3 is 0 Å². The molecule has 1 nitrogen and oxygen atoms in total. The molecule has 3 heterocycles. The lowest BCUT2D eigenvalue weighted by Gasteiger charge is -1.94. The van der Waals surface area contributed by atoms with E-state index in [2.05, 4.69) is 38.3 Å². The van der Waals surface area contributed by atoms with E-state index in [-0.39, 0.29) is 0 Å². The fraction of sp³-hybridized carbons (Fsp3) is 0.188. The van der Waals surface area contributed by atoms with E-state index >= 15 is 0 Å². The quantitative estimate of drug-likeness (QED) is 0.546. The van der Waals surface area contributed by atoms with Gasteiger partial charge in [0.1, 0.15) is 0 Å². The van der Waals surface area contributed by atoms with Gasteiger partial charge in [-0.15, -0.1) is 34.0 Å². The third kappa shape index (κ3) is 2.39. The van der Waals surface area contributed by atoms with Crippen molar-refractivity contribution in [2.75, 3.05) is 0 Å². The molecule has 3 aromatic rings. The summed E-state index contributed by atoms with van der Waals surface area (Å²) in [5, 5.41) is 2.19. The monoisotopic (exact) mass is 318 g/mol. The largest absolute Gasteiger partial charge is 0.297 e. The number of hydrogen-bond acceptors (Lipinski definition) is 4. The zero-order valence-electron chi connectivity index (χ0n) is 11.5. The van der Waals surface area contributed by atoms with Crippen LogP contribution in [0.3, 0.4) is 0 Å². The van der Waals surface area contributed by atoms with Crippen LogP contribution in [-0.2, 0) is 0 Å². The Labute approximate surface area is 130 Å². The Morgan fingerprint density at radius 3 is 2.20 bits per heavy atom. The summed E-state index contributed by atoms with van der Waals surface area (Å²) in [4.78, 5) is 16.9. The number of aryl methyl sites for hydroxylation is 3. The zero-order valence-corrected chi connectivity index (χ0v) is 14.0. The van der Waals surface area contributed by atoms with E-state index in [1.165, 1.54) is 36.2 Å². The molecule has 0 unspecified atom stereocenters. The highest BCUT2D eigenvalue weighted by atomic mass is 32.1. The molecule has 0 N–H and O–H groups in total. The van der Waals surface area contributed by atoms with E-state index in [0.717, 1.165) is 11.2 Å². The predicted octanol–water partition coefficient (Wildman–Crippen LogP) is 5.94. The molecule has 0 bridgehead atoms. The molecule has 0 spiro atoms. The number of rotatable bonds is 3. The summed E-state index contributed by atoms with van der Waals surface area (Å²) >= 11 is 5.20. The molecule has 20 heavy (non-hydrogen) atoms. The minimum absolute atomic E-state index is 0.803. The van der Waals surface area contributed by atoms with Gasteiger partial charge in [-0.25, -0.2) is 0 Å². The second kappa shape index (κ2) is 5.28. The molecule has 0 radical (unpaired) electrons. The fourth-order valence-electron chi connectivity index (χ4n) is 2.20. The Bertz CT molecular complexity index is 774. The van der Waals surface area contributed by atoms with Crippen LogP contribution in [0.4, 0.5) is 0 Å². The van der Waals surface area contributed by atoms with Gasteiger partial charge in [-0.3, -0.25) is 4.79 Å². The van der Waals surface area contributed by atoms with E-state index in [0.29, 0.717) is 0 Å². The van der Waals surface area contributed by atoms with Gasteiger partial charge < -0.3 is 0 Å². The highest BCUT2D eigenvalue weighted by molar-refractivity contribution is 7.26. The molecule has 0 fully saturated rings. The van der Waals surface area contributed by atoms with Crippen LogP contribution in [0.2, 0.25) is 0 Å². The van der Waals surface area contributed by atoms with Crippen molar-refractivity contribution in [1.29, 1.82) is 0 Å². The standard InChI is InChI=1S/C16H14OS3/c1-9-4-13(18-8-9)15-11(3)6-14(20-15)16-10(2)5-12(7-17)19-16/h4-8H,1-3H3. The summed E-state index contributed by atoms with van der Waals surface area (Å²) in [5.41, 5.74) is 3.81. The topological polar surface area (TPSA) is 17.1 Å². The molecule has 0 aliphatic carbocycles. The Hall–Kier alpha value is -1.23. The summed E-state index contributed by atoms with van der Waals surface area (Å²) in [7, 11) is 0. The van der Waals surface area contributed by atoms with Crippen LogP contribution in [0.1, 0.15) is 26.4 Å². The molecule has 3 rings (SSSR count). The normalized spacial score (nSPS) is 10.9. The van der Waals surface area contributed by atoms with Crippen LogP contribution in [-0.4, -0.2) is 6.29 Å². The van der Waals surface area contributed by atoms with E-state index in [9.17, 15) is 4.79 Å². The molecule has 0 saturated heterocycles. The highest BCUT2D eigenvalue weighted by Crippen LogP contribution is 2.43. The molecule has 0 aliphatic heterocycles. The van der Waals surface area contributed by atoms with Crippen molar-refractivity contribution in [3.8, 4) is 19.5 Å².